The van der Waals surface area contributed by atoms with Crippen LogP contribution in [0.2, 0.25) is 0 Å². The fourth-order valence-corrected chi connectivity index (χ4v) is 4.55. The molecule has 0 bridgehead atoms. The van der Waals surface area contributed by atoms with Gasteiger partial charge in [-0.15, -0.1) is 0 Å². The Morgan fingerprint density at radius 1 is 1.33 bits per heavy atom. The van der Waals surface area contributed by atoms with Crippen molar-refractivity contribution in [1.82, 2.24) is 10.2 Å². The second-order valence-corrected chi connectivity index (χ2v) is 7.68. The number of likely N-dealkylation sites (N-methyl/N-ethyl adjacent to an activating group) is 1. The smallest absolute Gasteiger partial charge is 0.249 e. The summed E-state index contributed by atoms with van der Waals surface area (Å²) in [6.07, 6.45) is 1.55. The SMILES string of the molecule is CCN(C(=O)CNC(=O)C1CCCO1)C1CCS(=O)(=O)C1. The predicted molar refractivity (Wildman–Crippen MR) is 76.4 cm³/mol. The Labute approximate surface area is 124 Å². The number of amides is 2. The zero-order valence-electron chi connectivity index (χ0n) is 12.2. The van der Waals surface area contributed by atoms with Gasteiger partial charge in [0.05, 0.1) is 18.1 Å². The van der Waals surface area contributed by atoms with Gasteiger partial charge < -0.3 is 15.0 Å². The van der Waals surface area contributed by atoms with E-state index in [1.54, 1.807) is 4.90 Å². The minimum absolute atomic E-state index is 0.0201. The molecule has 2 saturated heterocycles. The zero-order valence-corrected chi connectivity index (χ0v) is 13.0. The molecule has 2 unspecified atom stereocenters. The molecule has 2 atom stereocenters. The summed E-state index contributed by atoms with van der Waals surface area (Å²) in [6.45, 7) is 2.72. The lowest BCUT2D eigenvalue weighted by Crippen LogP contribution is -2.47. The van der Waals surface area contributed by atoms with E-state index in [1.165, 1.54) is 0 Å². The van der Waals surface area contributed by atoms with Gasteiger partial charge in [-0.1, -0.05) is 0 Å². The summed E-state index contributed by atoms with van der Waals surface area (Å²) in [4.78, 5) is 25.5. The van der Waals surface area contributed by atoms with E-state index in [9.17, 15) is 18.0 Å². The first kappa shape index (κ1) is 16.2. The number of carbonyl (C=O) groups is 2. The number of nitrogens with zero attached hydrogens (tertiary/aromatic N) is 1. The molecule has 2 heterocycles. The average Bonchev–Trinajstić information content (AvgIpc) is 3.06. The Bertz CT molecular complexity index is 499. The maximum Gasteiger partial charge on any atom is 0.249 e. The minimum atomic E-state index is -3.03. The lowest BCUT2D eigenvalue weighted by Gasteiger charge is -2.27. The van der Waals surface area contributed by atoms with Crippen LogP contribution in [0.4, 0.5) is 0 Å². The molecule has 0 radical (unpaired) electrons. The van der Waals surface area contributed by atoms with Gasteiger partial charge in [0.25, 0.3) is 0 Å². The average molecular weight is 318 g/mol. The molecule has 0 aromatic carbocycles. The van der Waals surface area contributed by atoms with Crippen LogP contribution in [0.25, 0.3) is 0 Å². The summed E-state index contributed by atoms with van der Waals surface area (Å²) >= 11 is 0. The number of ether oxygens (including phenoxy) is 1. The van der Waals surface area contributed by atoms with Gasteiger partial charge in [0.1, 0.15) is 6.10 Å². The largest absolute Gasteiger partial charge is 0.368 e. The fraction of sp³-hybridized carbons (Fsp3) is 0.846. The van der Waals surface area contributed by atoms with Gasteiger partial charge in [0, 0.05) is 19.2 Å². The van der Waals surface area contributed by atoms with Crippen LogP contribution >= 0.6 is 0 Å². The van der Waals surface area contributed by atoms with Crippen LogP contribution in [0, 0.1) is 0 Å². The maximum atomic E-state index is 12.2. The van der Waals surface area contributed by atoms with Crippen molar-refractivity contribution in [1.29, 1.82) is 0 Å². The van der Waals surface area contributed by atoms with Gasteiger partial charge in [-0.25, -0.2) is 8.42 Å². The highest BCUT2D eigenvalue weighted by Crippen LogP contribution is 2.17. The van der Waals surface area contributed by atoms with E-state index in [2.05, 4.69) is 5.32 Å². The van der Waals surface area contributed by atoms with Gasteiger partial charge in [-0.3, -0.25) is 9.59 Å². The molecule has 2 rings (SSSR count). The third kappa shape index (κ3) is 4.16. The summed E-state index contributed by atoms with van der Waals surface area (Å²) in [5.41, 5.74) is 0. The van der Waals surface area contributed by atoms with E-state index in [-0.39, 0.29) is 35.9 Å². The summed E-state index contributed by atoms with van der Waals surface area (Å²) in [7, 11) is -3.03. The summed E-state index contributed by atoms with van der Waals surface area (Å²) in [5, 5.41) is 2.58. The predicted octanol–water partition coefficient (Wildman–Crippen LogP) is -0.683. The number of carbonyl (C=O) groups excluding carboxylic acids is 2. The maximum absolute atomic E-state index is 12.2. The zero-order chi connectivity index (χ0) is 15.5. The Morgan fingerprint density at radius 2 is 2.10 bits per heavy atom. The number of hydrogen-bond acceptors (Lipinski definition) is 5. The number of nitrogens with one attached hydrogen (secondary N) is 1. The van der Waals surface area contributed by atoms with Gasteiger partial charge in [0.15, 0.2) is 9.84 Å². The molecule has 0 aromatic heterocycles. The van der Waals surface area contributed by atoms with Crippen molar-refractivity contribution in [2.45, 2.75) is 38.3 Å². The lowest BCUT2D eigenvalue weighted by atomic mass is 10.2. The van der Waals surface area contributed by atoms with E-state index >= 15 is 0 Å². The van der Waals surface area contributed by atoms with Gasteiger partial charge in [-0.2, -0.15) is 0 Å². The number of hydrogen-bond donors (Lipinski definition) is 1. The molecule has 1 N–H and O–H groups in total. The monoisotopic (exact) mass is 318 g/mol. The number of sulfone groups is 1. The Hall–Kier alpha value is -1.15. The van der Waals surface area contributed by atoms with Crippen LogP contribution in [-0.4, -0.2) is 68.5 Å². The number of rotatable bonds is 5. The molecule has 2 aliphatic heterocycles. The van der Waals surface area contributed by atoms with Crippen molar-refractivity contribution in [3.63, 3.8) is 0 Å². The first-order valence-corrected chi connectivity index (χ1v) is 9.14. The summed E-state index contributed by atoms with van der Waals surface area (Å²) < 4.78 is 28.2. The van der Waals surface area contributed by atoms with Crippen molar-refractivity contribution in [2.24, 2.45) is 0 Å². The Balaban J connectivity index is 1.84. The molecule has 2 amide bonds. The molecule has 7 nitrogen and oxygen atoms in total. The molecule has 2 fully saturated rings. The molecule has 0 aliphatic carbocycles. The van der Waals surface area contributed by atoms with E-state index in [1.807, 2.05) is 6.92 Å². The second kappa shape index (κ2) is 6.74. The quantitative estimate of drug-likeness (QED) is 0.725. The molecule has 0 spiro atoms. The molecule has 2 aliphatic rings. The third-order valence-corrected chi connectivity index (χ3v) is 5.70. The minimum Gasteiger partial charge on any atom is -0.368 e. The van der Waals surface area contributed by atoms with Crippen LogP contribution in [0.15, 0.2) is 0 Å². The molecular formula is C13H22N2O5S. The van der Waals surface area contributed by atoms with Crippen LogP contribution in [-0.2, 0) is 24.2 Å². The molecular weight excluding hydrogens is 296 g/mol. The van der Waals surface area contributed by atoms with E-state index < -0.39 is 15.9 Å². The normalized spacial score (nSPS) is 27.5. The highest BCUT2D eigenvalue weighted by Gasteiger charge is 2.34. The van der Waals surface area contributed by atoms with Crippen molar-refractivity contribution >= 4 is 21.7 Å². The molecule has 120 valence electrons. The van der Waals surface area contributed by atoms with Gasteiger partial charge >= 0.3 is 0 Å². The molecule has 0 saturated carbocycles. The van der Waals surface area contributed by atoms with Crippen molar-refractivity contribution < 1.29 is 22.7 Å². The van der Waals surface area contributed by atoms with Crippen LogP contribution < -0.4 is 5.32 Å². The van der Waals surface area contributed by atoms with Crippen LogP contribution in [0.3, 0.4) is 0 Å². The van der Waals surface area contributed by atoms with Crippen molar-refractivity contribution in [2.75, 3.05) is 31.2 Å². The fourth-order valence-electron chi connectivity index (χ4n) is 2.82. The highest BCUT2D eigenvalue weighted by atomic mass is 32.2. The molecule has 0 aromatic rings. The van der Waals surface area contributed by atoms with Crippen molar-refractivity contribution in [3.8, 4) is 0 Å². The first-order valence-electron chi connectivity index (χ1n) is 7.32. The van der Waals surface area contributed by atoms with Crippen LogP contribution in [0.5, 0.6) is 0 Å². The molecule has 21 heavy (non-hydrogen) atoms. The summed E-state index contributed by atoms with van der Waals surface area (Å²) in [6, 6.07) is -0.271. The first-order chi connectivity index (χ1) is 9.93. The second-order valence-electron chi connectivity index (χ2n) is 5.46. The summed E-state index contributed by atoms with van der Waals surface area (Å²) in [5.74, 6) is -0.363. The topological polar surface area (TPSA) is 92.8 Å². The van der Waals surface area contributed by atoms with Gasteiger partial charge in [0.2, 0.25) is 11.8 Å². The van der Waals surface area contributed by atoms with Crippen LogP contribution in [0.1, 0.15) is 26.2 Å². The van der Waals surface area contributed by atoms with E-state index in [0.717, 1.165) is 6.42 Å². The highest BCUT2D eigenvalue weighted by molar-refractivity contribution is 7.91. The third-order valence-electron chi connectivity index (χ3n) is 3.95. The van der Waals surface area contributed by atoms with Crippen molar-refractivity contribution in [3.05, 3.63) is 0 Å². The standard InChI is InChI=1S/C13H22N2O5S/c1-2-15(10-5-7-21(18,19)9-10)12(16)8-14-13(17)11-4-3-6-20-11/h10-11H,2-9H2,1H3,(H,14,17). The van der Waals surface area contributed by atoms with E-state index in [0.29, 0.717) is 26.0 Å². The van der Waals surface area contributed by atoms with E-state index in [4.69, 9.17) is 4.74 Å². The van der Waals surface area contributed by atoms with Gasteiger partial charge in [-0.05, 0) is 26.2 Å². The Morgan fingerprint density at radius 3 is 2.62 bits per heavy atom. The lowest BCUT2D eigenvalue weighted by molar-refractivity contribution is -0.136. The molecule has 8 heteroatoms. The Kier molecular flexibility index (Phi) is 5.21.